The van der Waals surface area contributed by atoms with Crippen molar-refractivity contribution in [3.05, 3.63) is 128 Å². The average molecular weight is 979 g/mol. The number of amides is 2. The number of carbonyl (C=O) groups is 2. The largest absolute Gasteiger partial charge is 0.491 e. The van der Waals surface area contributed by atoms with E-state index in [-0.39, 0.29) is 84.2 Å². The summed E-state index contributed by atoms with van der Waals surface area (Å²) in [5.74, 6) is -2.31. The summed E-state index contributed by atoms with van der Waals surface area (Å²) in [6.45, 7) is 15.3. The Hall–Kier alpha value is -4.99. The van der Waals surface area contributed by atoms with Crippen LogP contribution >= 0.6 is 34.8 Å². The highest BCUT2D eigenvalue weighted by molar-refractivity contribution is 6.32. The molecule has 356 valence electrons. The summed E-state index contributed by atoms with van der Waals surface area (Å²) in [5.41, 5.74) is -2.05. The molecule has 0 radical (unpaired) electrons. The number of nitrogens with zero attached hydrogens (tertiary/aromatic N) is 2. The van der Waals surface area contributed by atoms with Gasteiger partial charge in [-0.1, -0.05) is 101 Å². The van der Waals surface area contributed by atoms with Gasteiger partial charge in [-0.2, -0.15) is 10.5 Å². The van der Waals surface area contributed by atoms with Crippen molar-refractivity contribution < 1.29 is 37.3 Å². The summed E-state index contributed by atoms with van der Waals surface area (Å²) in [6, 6.07) is 22.5. The molecule has 3 N–H and O–H groups in total. The van der Waals surface area contributed by atoms with Crippen LogP contribution in [0.4, 0.5) is 8.78 Å². The van der Waals surface area contributed by atoms with Crippen molar-refractivity contribution in [1.82, 2.24) is 16.0 Å². The molecule has 6 rings (SSSR count). The summed E-state index contributed by atoms with van der Waals surface area (Å²) >= 11 is 18.6. The molecule has 0 bridgehead atoms. The summed E-state index contributed by atoms with van der Waals surface area (Å²) in [5, 5.41) is 29.8. The minimum atomic E-state index is -1.73. The Kier molecular flexibility index (Phi) is 16.2. The van der Waals surface area contributed by atoms with Crippen LogP contribution in [0, 0.1) is 50.5 Å². The van der Waals surface area contributed by atoms with E-state index in [1.54, 1.807) is 42.5 Å². The molecule has 67 heavy (non-hydrogen) atoms. The van der Waals surface area contributed by atoms with Gasteiger partial charge in [-0.25, -0.2) is 8.78 Å². The van der Waals surface area contributed by atoms with Gasteiger partial charge in [0.05, 0.1) is 54.1 Å². The number of carbonyl (C=O) groups excluding carboxylic acids is 2. The summed E-state index contributed by atoms with van der Waals surface area (Å²) in [7, 11) is 0. The van der Waals surface area contributed by atoms with E-state index in [2.05, 4.69) is 22.0 Å². The SMILES string of the molecule is CC(C)(C)CC1NC(C(=O)NCCOCCOCCOc2ccc(C(=O)NC3C(C)(C)C(Oc4ccc(C#N)c(Cl)c4)C3(C)C)cc2)[C@@H](c2cccc(Cl)c2F)[C@@]1(C#N)c1ccc(Cl)cc1F. The molecule has 4 aromatic rings. The lowest BCUT2D eigenvalue weighted by molar-refractivity contribution is -0.164. The van der Waals surface area contributed by atoms with Crippen LogP contribution < -0.4 is 25.4 Å². The molecule has 16 heteroatoms. The third-order valence-electron chi connectivity index (χ3n) is 12.7. The van der Waals surface area contributed by atoms with Gasteiger partial charge in [0, 0.05) is 57.6 Å². The van der Waals surface area contributed by atoms with Gasteiger partial charge in [0.25, 0.3) is 5.91 Å². The smallest absolute Gasteiger partial charge is 0.251 e. The molecule has 0 aromatic heterocycles. The van der Waals surface area contributed by atoms with Crippen molar-refractivity contribution in [3.63, 3.8) is 0 Å². The zero-order valence-corrected chi connectivity index (χ0v) is 40.8. The number of ether oxygens (including phenoxy) is 4. The second kappa shape index (κ2) is 21.1. The minimum Gasteiger partial charge on any atom is -0.491 e. The number of benzene rings is 4. The van der Waals surface area contributed by atoms with Crippen LogP contribution in [0.5, 0.6) is 11.5 Å². The van der Waals surface area contributed by atoms with E-state index in [0.29, 0.717) is 34.1 Å². The Labute approximate surface area is 406 Å². The molecule has 0 spiro atoms. The van der Waals surface area contributed by atoms with Crippen LogP contribution in [0.25, 0.3) is 0 Å². The van der Waals surface area contributed by atoms with Crippen molar-refractivity contribution in [1.29, 1.82) is 10.5 Å². The summed E-state index contributed by atoms with van der Waals surface area (Å²) in [6.07, 6.45) is 0.119. The Morgan fingerprint density at radius 2 is 1.48 bits per heavy atom. The molecule has 2 amide bonds. The third-order valence-corrected chi connectivity index (χ3v) is 13.5. The Morgan fingerprint density at radius 1 is 0.821 bits per heavy atom. The maximum absolute atomic E-state index is 15.9. The number of nitriles is 2. The summed E-state index contributed by atoms with van der Waals surface area (Å²) in [4.78, 5) is 27.3. The van der Waals surface area contributed by atoms with E-state index in [4.69, 9.17) is 53.8 Å². The van der Waals surface area contributed by atoms with Crippen LogP contribution in [-0.2, 0) is 19.7 Å². The molecule has 1 saturated carbocycles. The number of halogens is 5. The lowest BCUT2D eigenvalue weighted by Crippen LogP contribution is -2.74. The molecule has 2 unspecified atom stereocenters. The number of hydrogen-bond donors (Lipinski definition) is 3. The van der Waals surface area contributed by atoms with Crippen LogP contribution in [0.15, 0.2) is 78.9 Å². The van der Waals surface area contributed by atoms with Gasteiger partial charge in [-0.05, 0) is 72.0 Å². The maximum Gasteiger partial charge on any atom is 0.251 e. The molecule has 11 nitrogen and oxygen atoms in total. The third kappa shape index (κ3) is 11.2. The molecular formula is C51H56Cl3F2N5O6. The number of hydrogen-bond acceptors (Lipinski definition) is 9. The minimum absolute atomic E-state index is 0.00108. The molecule has 1 heterocycles. The van der Waals surface area contributed by atoms with Gasteiger partial charge in [0.1, 0.15) is 47.3 Å². The fourth-order valence-corrected chi connectivity index (χ4v) is 10.5. The van der Waals surface area contributed by atoms with Crippen LogP contribution in [0.3, 0.4) is 0 Å². The standard InChI is InChI=1S/C51H56Cl3F2N5O6/c1-48(2,3)27-40-51(29-58,36-18-14-32(52)25-39(36)55)41(35-9-8-10-37(53)42(35)56)43(60-40)45(63)59-19-20-64-21-22-65-23-24-66-33-15-11-30(12-16-33)44(62)61-46-49(4,5)47(50(46,6)7)67-34-17-13-31(28-57)38(54)26-34/h8-18,25-26,40-41,43,46-47,60H,19-24,27H2,1-7H3,(H,59,63)(H,61,62)/t40?,41-,43?,46?,47?,51+/m1/s1. The highest BCUT2D eigenvalue weighted by atomic mass is 35.5. The van der Waals surface area contributed by atoms with Gasteiger partial charge < -0.3 is 34.9 Å². The number of rotatable bonds is 18. The van der Waals surface area contributed by atoms with Gasteiger partial charge in [-0.3, -0.25) is 9.59 Å². The average Bonchev–Trinajstić information content (AvgIpc) is 3.58. The highest BCUT2D eigenvalue weighted by Crippen LogP contribution is 2.56. The predicted molar refractivity (Wildman–Crippen MR) is 254 cm³/mol. The van der Waals surface area contributed by atoms with E-state index in [1.165, 1.54) is 30.3 Å². The Morgan fingerprint density at radius 3 is 2.10 bits per heavy atom. The van der Waals surface area contributed by atoms with Crippen LogP contribution in [-0.4, -0.2) is 75.6 Å². The van der Waals surface area contributed by atoms with Crippen molar-refractivity contribution in [3.8, 4) is 23.6 Å². The van der Waals surface area contributed by atoms with Gasteiger partial charge in [0.2, 0.25) is 5.91 Å². The van der Waals surface area contributed by atoms with E-state index in [0.717, 1.165) is 6.07 Å². The highest BCUT2D eigenvalue weighted by Gasteiger charge is 2.64. The second-order valence-corrected chi connectivity index (χ2v) is 20.6. The van der Waals surface area contributed by atoms with Crippen molar-refractivity contribution >= 4 is 46.6 Å². The maximum atomic E-state index is 15.9. The molecule has 2 aliphatic rings. The second-order valence-electron chi connectivity index (χ2n) is 19.4. The van der Waals surface area contributed by atoms with E-state index < -0.39 is 51.8 Å². The van der Waals surface area contributed by atoms with Crippen molar-refractivity contribution in [2.75, 3.05) is 39.6 Å². The van der Waals surface area contributed by atoms with Gasteiger partial charge >= 0.3 is 0 Å². The normalized spacial score (nSPS) is 22.7. The fourth-order valence-electron chi connectivity index (χ4n) is 9.97. The molecule has 1 aliphatic heterocycles. The van der Waals surface area contributed by atoms with Gasteiger partial charge in [0.15, 0.2) is 0 Å². The zero-order valence-electron chi connectivity index (χ0n) is 38.6. The Bertz CT molecular complexity index is 2510. The first kappa shape index (κ1) is 51.4. The summed E-state index contributed by atoms with van der Waals surface area (Å²) < 4.78 is 55.3. The first-order chi connectivity index (χ1) is 31.6. The van der Waals surface area contributed by atoms with Gasteiger partial charge in [-0.15, -0.1) is 0 Å². The van der Waals surface area contributed by atoms with Crippen LogP contribution in [0.1, 0.15) is 87.9 Å². The van der Waals surface area contributed by atoms with Crippen molar-refractivity contribution in [2.24, 2.45) is 16.2 Å². The lowest BCUT2D eigenvalue weighted by Gasteiger charge is -2.63. The predicted octanol–water partition coefficient (Wildman–Crippen LogP) is 9.96. The molecule has 4 aromatic carbocycles. The quantitative estimate of drug-likeness (QED) is 0.0827. The monoisotopic (exact) mass is 977 g/mol. The van der Waals surface area contributed by atoms with E-state index in [9.17, 15) is 20.1 Å². The molecular weight excluding hydrogens is 923 g/mol. The molecule has 1 aliphatic carbocycles. The molecule has 2 fully saturated rings. The van der Waals surface area contributed by atoms with E-state index in [1.807, 2.05) is 54.5 Å². The zero-order chi connectivity index (χ0) is 48.9. The topological polar surface area (TPSA) is 155 Å². The first-order valence-electron chi connectivity index (χ1n) is 22.1. The molecule has 4 atom stereocenters. The lowest BCUT2D eigenvalue weighted by atomic mass is 9.49. The fraction of sp³-hybridized carbons (Fsp3) is 0.451. The number of nitrogens with one attached hydrogen (secondary N) is 3. The van der Waals surface area contributed by atoms with Crippen molar-refractivity contribution in [2.45, 2.75) is 90.4 Å². The molecule has 1 saturated heterocycles. The first-order valence-corrected chi connectivity index (χ1v) is 23.2. The van der Waals surface area contributed by atoms with Crippen LogP contribution in [0.2, 0.25) is 15.1 Å². The van der Waals surface area contributed by atoms with E-state index >= 15 is 8.78 Å². The Balaban J connectivity index is 0.948.